The van der Waals surface area contributed by atoms with Crippen molar-refractivity contribution < 1.29 is 0 Å². The van der Waals surface area contributed by atoms with Gasteiger partial charge in [-0.1, -0.05) is 183 Å². The fourth-order valence-corrected chi connectivity index (χ4v) is 13.0. The van der Waals surface area contributed by atoms with Gasteiger partial charge in [0.25, 0.3) is 6.71 Å². The van der Waals surface area contributed by atoms with Crippen LogP contribution in [0.15, 0.2) is 133 Å². The van der Waals surface area contributed by atoms with Crippen LogP contribution in [-0.2, 0) is 39.9 Å². The van der Waals surface area contributed by atoms with Gasteiger partial charge in [-0.05, 0) is 167 Å². The molecule has 3 heterocycles. The molecule has 8 aromatic rings. The van der Waals surface area contributed by atoms with Gasteiger partial charge in [0.1, 0.15) is 0 Å². The molecule has 1 aliphatic carbocycles. The van der Waals surface area contributed by atoms with Crippen molar-refractivity contribution in [3.05, 3.63) is 172 Å². The summed E-state index contributed by atoms with van der Waals surface area (Å²) in [6.07, 6.45) is 3.48. The Labute approximate surface area is 430 Å². The van der Waals surface area contributed by atoms with Gasteiger partial charge in [0.15, 0.2) is 0 Å². The summed E-state index contributed by atoms with van der Waals surface area (Å²) >= 11 is 2.00. The van der Waals surface area contributed by atoms with Gasteiger partial charge in [0.2, 0.25) is 0 Å². The predicted octanol–water partition coefficient (Wildman–Crippen LogP) is 17.3. The Morgan fingerprint density at radius 3 is 1.68 bits per heavy atom. The summed E-state index contributed by atoms with van der Waals surface area (Å²) in [4.78, 5) is 5.31. The van der Waals surface area contributed by atoms with E-state index >= 15 is 0 Å². The van der Waals surface area contributed by atoms with E-state index in [2.05, 4.69) is 247 Å². The lowest BCUT2D eigenvalue weighted by Crippen LogP contribution is -2.60. The average Bonchev–Trinajstić information content (AvgIpc) is 3.95. The molecule has 2 aliphatic heterocycles. The van der Waals surface area contributed by atoms with E-state index < -0.39 is 0 Å². The van der Waals surface area contributed by atoms with Crippen molar-refractivity contribution in [1.29, 1.82) is 0 Å². The Hall–Kier alpha value is -5.84. The largest absolute Gasteiger partial charge is 0.311 e. The smallest absolute Gasteiger partial charge is 0.264 e. The topological polar surface area (TPSA) is 6.48 Å². The fraction of sp³-hybridized carbons (Fsp3) is 0.343. The molecule has 71 heavy (non-hydrogen) atoms. The molecule has 360 valence electrons. The maximum absolute atomic E-state index is 2.66. The molecule has 0 atom stereocenters. The van der Waals surface area contributed by atoms with E-state index in [9.17, 15) is 0 Å². The molecule has 2 nitrogen and oxygen atoms in total. The molecule has 0 bridgehead atoms. The summed E-state index contributed by atoms with van der Waals surface area (Å²) in [5.74, 6) is 0. The molecule has 0 unspecified atom stereocenters. The third-order valence-corrected chi connectivity index (χ3v) is 17.2. The van der Waals surface area contributed by atoms with Crippen LogP contribution in [0.4, 0.5) is 34.1 Å². The second kappa shape index (κ2) is 16.3. The molecule has 0 fully saturated rings. The maximum atomic E-state index is 2.66. The molecular formula is C67H73BN2S. The fourth-order valence-electron chi connectivity index (χ4n) is 11.7. The standard InChI is InChI=1S/C67H73BN2S/c1-63(2,3)44-28-31-55(52(38-44)51-25-18-21-41-20-17-24-50(41)51)70-56-32-29-46(65(7,8)9)40-54(56)68-60-57(26-19-27-58(60)70)69(61-53-39-45(64(4,5)6)30-33-59(53)71-62(61)68)49-23-16-22-42(36-49)43-34-47(66(10,11)12)37-48(35-43)67(13,14)15/h16,18-19,21-23,25-40H,17,20,24H2,1-15H3. The molecule has 0 N–H and O–H groups in total. The summed E-state index contributed by atoms with van der Waals surface area (Å²) in [7, 11) is 0. The highest BCUT2D eigenvalue weighted by atomic mass is 32.1. The lowest BCUT2D eigenvalue weighted by atomic mass is 9.36. The molecule has 0 saturated heterocycles. The first-order chi connectivity index (χ1) is 33.4. The minimum atomic E-state index is -0.0351. The normalized spacial score (nSPS) is 14.7. The minimum absolute atomic E-state index is 0.00496. The second-order valence-corrected chi connectivity index (χ2v) is 27.3. The number of fused-ring (bicyclic) bond motifs is 7. The summed E-state index contributed by atoms with van der Waals surface area (Å²) in [6.45, 7) is 35.3. The monoisotopic (exact) mass is 949 g/mol. The van der Waals surface area contributed by atoms with E-state index in [1.54, 1.807) is 0 Å². The Bertz CT molecular complexity index is 3410. The minimum Gasteiger partial charge on any atom is -0.311 e. The van der Waals surface area contributed by atoms with Crippen molar-refractivity contribution in [2.24, 2.45) is 0 Å². The number of nitrogens with zero attached hydrogens (tertiary/aromatic N) is 2. The van der Waals surface area contributed by atoms with E-state index in [4.69, 9.17) is 0 Å². The first kappa shape index (κ1) is 47.5. The van der Waals surface area contributed by atoms with Gasteiger partial charge < -0.3 is 9.80 Å². The zero-order valence-corrected chi connectivity index (χ0v) is 46.0. The van der Waals surface area contributed by atoms with Crippen molar-refractivity contribution in [3.63, 3.8) is 0 Å². The molecule has 0 radical (unpaired) electrons. The average molecular weight is 949 g/mol. The first-order valence-corrected chi connectivity index (χ1v) is 27.1. The van der Waals surface area contributed by atoms with Crippen LogP contribution in [0.3, 0.4) is 0 Å². The van der Waals surface area contributed by atoms with Crippen LogP contribution in [-0.4, -0.2) is 6.71 Å². The van der Waals surface area contributed by atoms with Gasteiger partial charge in [-0.25, -0.2) is 0 Å². The highest BCUT2D eigenvalue weighted by Gasteiger charge is 2.46. The zero-order chi connectivity index (χ0) is 50.3. The van der Waals surface area contributed by atoms with E-state index in [-0.39, 0.29) is 33.8 Å². The highest BCUT2D eigenvalue weighted by molar-refractivity contribution is 7.33. The highest BCUT2D eigenvalue weighted by Crippen LogP contribution is 2.51. The Morgan fingerprint density at radius 2 is 1.01 bits per heavy atom. The van der Waals surface area contributed by atoms with Crippen molar-refractivity contribution in [3.8, 4) is 22.3 Å². The third-order valence-electron chi connectivity index (χ3n) is 16.0. The second-order valence-electron chi connectivity index (χ2n) is 26.2. The number of hydrogen-bond acceptors (Lipinski definition) is 3. The molecule has 11 rings (SSSR count). The van der Waals surface area contributed by atoms with Gasteiger partial charge >= 0.3 is 0 Å². The van der Waals surface area contributed by atoms with Crippen LogP contribution in [0.2, 0.25) is 0 Å². The van der Waals surface area contributed by atoms with Crippen LogP contribution in [0.25, 0.3) is 32.3 Å². The Kier molecular flexibility index (Phi) is 10.9. The van der Waals surface area contributed by atoms with Gasteiger partial charge in [0, 0.05) is 43.2 Å². The van der Waals surface area contributed by atoms with E-state index in [1.165, 1.54) is 128 Å². The van der Waals surface area contributed by atoms with E-state index in [0.717, 1.165) is 12.8 Å². The molecule has 7 aromatic carbocycles. The molecule has 1 aromatic heterocycles. The maximum Gasteiger partial charge on any atom is 0.264 e. The van der Waals surface area contributed by atoms with E-state index in [1.807, 2.05) is 11.3 Å². The van der Waals surface area contributed by atoms with Crippen LogP contribution in [0, 0.1) is 0 Å². The zero-order valence-electron chi connectivity index (χ0n) is 45.2. The number of aryl methyl sites for hydroxylation is 1. The summed E-state index contributed by atoms with van der Waals surface area (Å²) in [5, 5.41) is 1.33. The quantitative estimate of drug-likeness (QED) is 0.162. The van der Waals surface area contributed by atoms with Gasteiger partial charge in [-0.15, -0.1) is 11.3 Å². The Balaban J connectivity index is 1.22. The van der Waals surface area contributed by atoms with Crippen LogP contribution in [0.1, 0.15) is 149 Å². The van der Waals surface area contributed by atoms with E-state index in [0.29, 0.717) is 0 Å². The van der Waals surface area contributed by atoms with Crippen molar-refractivity contribution in [2.45, 2.75) is 150 Å². The lowest BCUT2D eigenvalue weighted by molar-refractivity contribution is 0.569. The molecule has 3 aliphatic rings. The number of anilines is 6. The van der Waals surface area contributed by atoms with Crippen LogP contribution < -0.4 is 25.5 Å². The lowest BCUT2D eigenvalue weighted by Gasteiger charge is -2.44. The predicted molar refractivity (Wildman–Crippen MR) is 312 cm³/mol. The van der Waals surface area contributed by atoms with Crippen LogP contribution in [0.5, 0.6) is 0 Å². The van der Waals surface area contributed by atoms with Crippen molar-refractivity contribution in [2.75, 3.05) is 9.80 Å². The third kappa shape index (κ3) is 8.08. The molecular weight excluding hydrogens is 876 g/mol. The van der Waals surface area contributed by atoms with Gasteiger partial charge in [-0.2, -0.15) is 0 Å². The SMILES string of the molecule is CC(C)(C)c1cc(-c2cccc(N3c4cccc5c4B(c4cc(C(C)(C)C)ccc4N5c4ccc(C(C)(C)C)cc4-c4cccc5c4CCC5)c4sc5ccc(C(C)(C)C)cc5c43)c2)cc(C(C)(C)C)c1. The van der Waals surface area contributed by atoms with Crippen molar-refractivity contribution >= 4 is 78.0 Å². The summed E-state index contributed by atoms with van der Waals surface area (Å²) in [5.41, 5.74) is 25.3. The van der Waals surface area contributed by atoms with Gasteiger partial charge in [0.05, 0.1) is 11.4 Å². The number of benzene rings is 7. The number of thiophene rings is 1. The Morgan fingerprint density at radius 1 is 0.437 bits per heavy atom. The van der Waals surface area contributed by atoms with Crippen molar-refractivity contribution in [1.82, 2.24) is 0 Å². The van der Waals surface area contributed by atoms with Crippen LogP contribution >= 0.6 is 11.3 Å². The van der Waals surface area contributed by atoms with Gasteiger partial charge in [-0.3, -0.25) is 0 Å². The summed E-state index contributed by atoms with van der Waals surface area (Å²) < 4.78 is 2.75. The molecule has 0 amide bonds. The molecule has 0 spiro atoms. The molecule has 0 saturated carbocycles. The number of hydrogen-bond donors (Lipinski definition) is 0. The molecule has 4 heteroatoms. The number of rotatable bonds is 4. The summed E-state index contributed by atoms with van der Waals surface area (Å²) in [6, 6.07) is 53.1. The first-order valence-electron chi connectivity index (χ1n) is 26.3.